The molecule has 0 aliphatic carbocycles. The molecule has 0 saturated carbocycles. The number of hydrogen-bond acceptors (Lipinski definition) is 5. The Hall–Kier alpha value is -2.19. The fraction of sp³-hybridized carbons (Fsp3) is 0.294. The second-order valence-electron chi connectivity index (χ2n) is 5.39. The van der Waals surface area contributed by atoms with Crippen LogP contribution in [0.5, 0.6) is 0 Å². The van der Waals surface area contributed by atoms with Crippen molar-refractivity contribution in [2.45, 2.75) is 32.9 Å². The quantitative estimate of drug-likeness (QED) is 0.597. The minimum absolute atomic E-state index is 0.254. The maximum atomic E-state index is 13.5. The van der Waals surface area contributed by atoms with E-state index in [1.165, 1.54) is 36.6 Å². The topological polar surface area (TPSA) is 71.5 Å². The summed E-state index contributed by atoms with van der Waals surface area (Å²) in [6.07, 6.45) is 1.62. The number of aryl methyl sites for hydroxylation is 1. The number of thiazole rings is 1. The minimum atomic E-state index is -2.81. The molecule has 2 aromatic rings. The van der Waals surface area contributed by atoms with Crippen LogP contribution in [-0.4, -0.2) is 22.9 Å². The van der Waals surface area contributed by atoms with E-state index in [-0.39, 0.29) is 6.42 Å². The molecule has 1 atom stereocenters. The summed E-state index contributed by atoms with van der Waals surface area (Å²) in [5.41, 5.74) is 7.48. The van der Waals surface area contributed by atoms with Crippen molar-refractivity contribution in [2.75, 3.05) is 0 Å². The Balaban J connectivity index is 2.46. The summed E-state index contributed by atoms with van der Waals surface area (Å²) in [4.78, 5) is 8.27. The first kappa shape index (κ1) is 19.1. The first-order valence-corrected chi connectivity index (χ1v) is 8.29. The zero-order chi connectivity index (χ0) is 18.6. The molecule has 1 heterocycles. The number of alkyl halides is 2. The van der Waals surface area contributed by atoms with Crippen LogP contribution in [-0.2, 0) is 6.42 Å². The molecule has 3 N–H and O–H groups in total. The van der Waals surface area contributed by atoms with E-state index in [1.807, 2.05) is 6.92 Å². The number of aliphatic hydroxyl groups is 1. The SMILES string of the molecule is Cc1nc(-c2ccc(F)cc2C(C)O)c(CC(C=NC(F)F)=CN)s1. The number of benzene rings is 1. The number of halogens is 3. The summed E-state index contributed by atoms with van der Waals surface area (Å²) < 4.78 is 38.0. The van der Waals surface area contributed by atoms with Gasteiger partial charge in [-0.1, -0.05) is 0 Å². The number of aromatic nitrogens is 1. The average molecular weight is 369 g/mol. The molecule has 1 unspecified atom stereocenters. The van der Waals surface area contributed by atoms with E-state index in [4.69, 9.17) is 5.73 Å². The zero-order valence-electron chi connectivity index (χ0n) is 13.7. The molecule has 0 saturated heterocycles. The second-order valence-corrected chi connectivity index (χ2v) is 6.67. The van der Waals surface area contributed by atoms with E-state index in [0.717, 1.165) is 16.1 Å². The van der Waals surface area contributed by atoms with Crippen LogP contribution in [0, 0.1) is 12.7 Å². The highest BCUT2D eigenvalue weighted by atomic mass is 32.1. The van der Waals surface area contributed by atoms with Gasteiger partial charge in [0, 0.05) is 23.1 Å². The number of nitrogens with zero attached hydrogens (tertiary/aromatic N) is 2. The summed E-state index contributed by atoms with van der Waals surface area (Å²) in [6.45, 7) is 0.538. The Kier molecular flexibility index (Phi) is 6.33. The van der Waals surface area contributed by atoms with Gasteiger partial charge in [0.15, 0.2) is 0 Å². The zero-order valence-corrected chi connectivity index (χ0v) is 14.5. The molecule has 1 aromatic heterocycles. The molecule has 25 heavy (non-hydrogen) atoms. The van der Waals surface area contributed by atoms with Crippen molar-refractivity contribution in [1.29, 1.82) is 0 Å². The molecule has 134 valence electrons. The third-order valence-electron chi connectivity index (χ3n) is 3.45. The highest BCUT2D eigenvalue weighted by molar-refractivity contribution is 7.12. The monoisotopic (exact) mass is 369 g/mol. The van der Waals surface area contributed by atoms with Crippen LogP contribution in [0.2, 0.25) is 0 Å². The number of aliphatic imine (C=N–C) groups is 1. The van der Waals surface area contributed by atoms with Crippen molar-refractivity contribution in [1.82, 2.24) is 4.98 Å². The van der Waals surface area contributed by atoms with Crippen molar-refractivity contribution in [2.24, 2.45) is 10.7 Å². The van der Waals surface area contributed by atoms with Crippen molar-refractivity contribution < 1.29 is 18.3 Å². The maximum Gasteiger partial charge on any atom is 0.331 e. The summed E-state index contributed by atoms with van der Waals surface area (Å²) in [7, 11) is 0. The van der Waals surface area contributed by atoms with Gasteiger partial charge in [-0.25, -0.2) is 14.4 Å². The summed E-state index contributed by atoms with van der Waals surface area (Å²) in [6, 6.07) is 4.10. The van der Waals surface area contributed by atoms with E-state index in [0.29, 0.717) is 22.4 Å². The predicted molar refractivity (Wildman–Crippen MR) is 93.3 cm³/mol. The lowest BCUT2D eigenvalue weighted by Gasteiger charge is -2.12. The third-order valence-corrected chi connectivity index (χ3v) is 4.43. The van der Waals surface area contributed by atoms with Crippen molar-refractivity contribution in [3.05, 3.63) is 51.2 Å². The van der Waals surface area contributed by atoms with Crippen molar-refractivity contribution in [3.8, 4) is 11.3 Å². The molecule has 0 radical (unpaired) electrons. The van der Waals surface area contributed by atoms with E-state index in [1.54, 1.807) is 6.07 Å². The van der Waals surface area contributed by atoms with Gasteiger partial charge in [-0.15, -0.1) is 11.3 Å². The Morgan fingerprint density at radius 1 is 1.44 bits per heavy atom. The van der Waals surface area contributed by atoms with Gasteiger partial charge in [-0.3, -0.25) is 0 Å². The van der Waals surface area contributed by atoms with Gasteiger partial charge in [-0.05, 0) is 49.4 Å². The van der Waals surface area contributed by atoms with Crippen LogP contribution in [0.25, 0.3) is 11.3 Å². The smallest absolute Gasteiger partial charge is 0.331 e. The Bertz CT molecular complexity index is 800. The number of aliphatic hydroxyl groups excluding tert-OH is 1. The molecule has 0 aliphatic heterocycles. The number of allylic oxidation sites excluding steroid dienone is 1. The fourth-order valence-corrected chi connectivity index (χ4v) is 3.36. The predicted octanol–water partition coefficient (Wildman–Crippen LogP) is 3.99. The van der Waals surface area contributed by atoms with Crippen LogP contribution in [0.3, 0.4) is 0 Å². The highest BCUT2D eigenvalue weighted by Gasteiger charge is 2.18. The van der Waals surface area contributed by atoms with E-state index in [2.05, 4.69) is 9.98 Å². The molecule has 0 spiro atoms. The van der Waals surface area contributed by atoms with Gasteiger partial charge in [-0.2, -0.15) is 8.78 Å². The Morgan fingerprint density at radius 3 is 2.76 bits per heavy atom. The lowest BCUT2D eigenvalue weighted by Crippen LogP contribution is -2.01. The largest absolute Gasteiger partial charge is 0.404 e. The van der Waals surface area contributed by atoms with Gasteiger partial charge in [0.2, 0.25) is 0 Å². The number of nitrogens with two attached hydrogens (primary N) is 1. The molecular formula is C17H18F3N3OS. The average Bonchev–Trinajstić information content (AvgIpc) is 2.91. The third kappa shape index (κ3) is 4.90. The van der Waals surface area contributed by atoms with E-state index >= 15 is 0 Å². The minimum Gasteiger partial charge on any atom is -0.404 e. The molecule has 0 fully saturated rings. The summed E-state index contributed by atoms with van der Waals surface area (Å²) in [5.74, 6) is -0.459. The highest BCUT2D eigenvalue weighted by Crippen LogP contribution is 2.34. The van der Waals surface area contributed by atoms with Gasteiger partial charge in [0.25, 0.3) is 0 Å². The van der Waals surface area contributed by atoms with E-state index < -0.39 is 18.5 Å². The lowest BCUT2D eigenvalue weighted by atomic mass is 9.98. The Labute approximate surface area is 147 Å². The van der Waals surface area contributed by atoms with Crippen LogP contribution in [0.15, 0.2) is 35.0 Å². The van der Waals surface area contributed by atoms with Gasteiger partial charge in [0.1, 0.15) is 5.82 Å². The summed E-state index contributed by atoms with van der Waals surface area (Å²) in [5, 5.41) is 10.7. The van der Waals surface area contributed by atoms with Crippen molar-refractivity contribution in [3.63, 3.8) is 0 Å². The number of hydrogen-bond donors (Lipinski definition) is 2. The Morgan fingerprint density at radius 2 is 2.16 bits per heavy atom. The molecule has 1 aromatic carbocycles. The molecule has 0 aliphatic rings. The van der Waals surface area contributed by atoms with Crippen LogP contribution in [0.4, 0.5) is 13.2 Å². The van der Waals surface area contributed by atoms with Gasteiger partial charge in [0.05, 0.1) is 16.8 Å². The second kappa shape index (κ2) is 8.26. The van der Waals surface area contributed by atoms with Gasteiger partial charge >= 0.3 is 6.55 Å². The summed E-state index contributed by atoms with van der Waals surface area (Å²) >= 11 is 1.38. The van der Waals surface area contributed by atoms with Crippen molar-refractivity contribution >= 4 is 17.6 Å². The van der Waals surface area contributed by atoms with Crippen LogP contribution >= 0.6 is 11.3 Å². The first-order valence-electron chi connectivity index (χ1n) is 7.48. The number of rotatable bonds is 6. The molecular weight excluding hydrogens is 351 g/mol. The van der Waals surface area contributed by atoms with Gasteiger partial charge < -0.3 is 10.8 Å². The molecule has 4 nitrogen and oxygen atoms in total. The maximum absolute atomic E-state index is 13.5. The molecule has 0 bridgehead atoms. The standard InChI is InChI=1S/C17H18F3N3OS/c1-9(24)14-6-12(18)3-4-13(14)16-15(25-10(2)23-16)5-11(7-21)8-22-17(19)20/h3-4,6-9,17,24H,5,21H2,1-2H3. The fourth-order valence-electron chi connectivity index (χ4n) is 2.38. The van der Waals surface area contributed by atoms with Crippen LogP contribution in [0.1, 0.15) is 28.5 Å². The van der Waals surface area contributed by atoms with Crippen LogP contribution < -0.4 is 5.73 Å². The molecule has 8 heteroatoms. The molecule has 0 amide bonds. The lowest BCUT2D eigenvalue weighted by molar-refractivity contribution is 0.160. The molecule has 2 rings (SSSR count). The van der Waals surface area contributed by atoms with E-state index in [9.17, 15) is 18.3 Å². The normalized spacial score (nSPS) is 13.8. The first-order chi connectivity index (χ1) is 11.8.